The second-order valence-electron chi connectivity index (χ2n) is 4.57. The van der Waals surface area contributed by atoms with Gasteiger partial charge in [0, 0.05) is 12.4 Å². The molecule has 0 bridgehead atoms. The molecule has 0 aliphatic rings. The number of amides is 1. The predicted octanol–water partition coefficient (Wildman–Crippen LogP) is 2.96. The Bertz CT molecular complexity index is 693. The summed E-state index contributed by atoms with van der Waals surface area (Å²) in [5.41, 5.74) is 5.00. The minimum Gasteiger partial charge on any atom is -0.267 e. The van der Waals surface area contributed by atoms with Crippen LogP contribution in [0.5, 0.6) is 0 Å². The molecule has 0 saturated carbocycles. The van der Waals surface area contributed by atoms with E-state index in [2.05, 4.69) is 15.4 Å². The zero-order valence-electron chi connectivity index (χ0n) is 11.8. The van der Waals surface area contributed by atoms with Crippen molar-refractivity contribution in [2.24, 2.45) is 0 Å². The van der Waals surface area contributed by atoms with Gasteiger partial charge in [0.05, 0.1) is 16.9 Å². The molecule has 0 saturated heterocycles. The summed E-state index contributed by atoms with van der Waals surface area (Å²) in [4.78, 5) is 20.1. The first kappa shape index (κ1) is 13.8. The molecule has 5 nitrogen and oxygen atoms in total. The molecule has 5 heteroatoms. The Balaban J connectivity index is 1.91. The number of aromatic nitrogens is 2. The lowest BCUT2D eigenvalue weighted by atomic mass is 10.2. The van der Waals surface area contributed by atoms with E-state index in [9.17, 15) is 4.79 Å². The van der Waals surface area contributed by atoms with E-state index < -0.39 is 0 Å². The van der Waals surface area contributed by atoms with Gasteiger partial charge in [0.25, 0.3) is 5.91 Å². The molecule has 1 amide bonds. The standard InChI is InChI=1S/C17H14N4O/c22-17(14-11-18-13-19-12-14)20-21(15-7-3-1-4-8-15)16-9-5-2-6-10-16/h1-13H,(H,20,22). The highest BCUT2D eigenvalue weighted by Crippen LogP contribution is 2.22. The van der Waals surface area contributed by atoms with Crippen molar-refractivity contribution in [3.05, 3.63) is 84.9 Å². The van der Waals surface area contributed by atoms with E-state index in [1.807, 2.05) is 60.7 Å². The zero-order valence-corrected chi connectivity index (χ0v) is 11.8. The number of benzene rings is 2. The van der Waals surface area contributed by atoms with Gasteiger partial charge >= 0.3 is 0 Å². The van der Waals surface area contributed by atoms with Gasteiger partial charge in [0.15, 0.2) is 0 Å². The third-order valence-electron chi connectivity index (χ3n) is 3.06. The molecule has 3 rings (SSSR count). The maximum Gasteiger partial charge on any atom is 0.273 e. The molecular weight excluding hydrogens is 276 g/mol. The monoisotopic (exact) mass is 290 g/mol. The van der Waals surface area contributed by atoms with Gasteiger partial charge in [0.1, 0.15) is 6.33 Å². The maximum atomic E-state index is 12.4. The van der Waals surface area contributed by atoms with Crippen LogP contribution in [0.15, 0.2) is 79.4 Å². The molecule has 0 radical (unpaired) electrons. The largest absolute Gasteiger partial charge is 0.273 e. The lowest BCUT2D eigenvalue weighted by Gasteiger charge is -2.25. The molecule has 22 heavy (non-hydrogen) atoms. The van der Waals surface area contributed by atoms with E-state index in [0.717, 1.165) is 11.4 Å². The van der Waals surface area contributed by atoms with Crippen LogP contribution in [0.2, 0.25) is 0 Å². The summed E-state index contributed by atoms with van der Waals surface area (Å²) in [5, 5.41) is 1.73. The van der Waals surface area contributed by atoms with Crippen molar-refractivity contribution in [2.75, 3.05) is 5.01 Å². The van der Waals surface area contributed by atoms with Crippen molar-refractivity contribution < 1.29 is 4.79 Å². The SMILES string of the molecule is O=C(NN(c1ccccc1)c1ccccc1)c1cncnc1. The molecule has 0 fully saturated rings. The van der Waals surface area contributed by atoms with Crippen LogP contribution in [0.25, 0.3) is 0 Å². The predicted molar refractivity (Wildman–Crippen MR) is 84.5 cm³/mol. The summed E-state index contributed by atoms with van der Waals surface area (Å²) in [6.45, 7) is 0. The summed E-state index contributed by atoms with van der Waals surface area (Å²) in [6, 6.07) is 19.2. The second-order valence-corrected chi connectivity index (χ2v) is 4.57. The first-order valence-electron chi connectivity index (χ1n) is 6.81. The Morgan fingerprint density at radius 3 is 1.82 bits per heavy atom. The van der Waals surface area contributed by atoms with Crippen molar-refractivity contribution in [3.8, 4) is 0 Å². The number of carbonyl (C=O) groups excluding carboxylic acids is 1. The highest BCUT2D eigenvalue weighted by molar-refractivity contribution is 5.95. The van der Waals surface area contributed by atoms with Crippen molar-refractivity contribution >= 4 is 17.3 Å². The van der Waals surface area contributed by atoms with Gasteiger partial charge in [-0.2, -0.15) is 0 Å². The van der Waals surface area contributed by atoms with Crippen LogP contribution in [0.4, 0.5) is 11.4 Å². The van der Waals surface area contributed by atoms with Crippen molar-refractivity contribution in [2.45, 2.75) is 0 Å². The van der Waals surface area contributed by atoms with Crippen molar-refractivity contribution in [3.63, 3.8) is 0 Å². The Morgan fingerprint density at radius 1 is 0.818 bits per heavy atom. The molecule has 0 aliphatic carbocycles. The number of nitrogens with one attached hydrogen (secondary N) is 1. The van der Waals surface area contributed by atoms with E-state index in [-0.39, 0.29) is 5.91 Å². The fraction of sp³-hybridized carbons (Fsp3) is 0. The van der Waals surface area contributed by atoms with Crippen molar-refractivity contribution in [1.29, 1.82) is 0 Å². The molecule has 1 aromatic heterocycles. The van der Waals surface area contributed by atoms with E-state index in [4.69, 9.17) is 0 Å². The van der Waals surface area contributed by atoms with Crippen molar-refractivity contribution in [1.82, 2.24) is 15.4 Å². The summed E-state index contributed by atoms with van der Waals surface area (Å²) >= 11 is 0. The third-order valence-corrected chi connectivity index (χ3v) is 3.06. The number of anilines is 2. The fourth-order valence-corrected chi connectivity index (χ4v) is 2.01. The van der Waals surface area contributed by atoms with Gasteiger partial charge in [-0.3, -0.25) is 15.2 Å². The molecule has 2 aromatic carbocycles. The first-order valence-corrected chi connectivity index (χ1v) is 6.81. The summed E-state index contributed by atoms with van der Waals surface area (Å²) in [6.07, 6.45) is 4.36. The molecule has 3 aromatic rings. The van der Waals surface area contributed by atoms with E-state index in [0.29, 0.717) is 5.56 Å². The van der Waals surface area contributed by atoms with E-state index in [1.165, 1.54) is 18.7 Å². The number of nitrogens with zero attached hydrogens (tertiary/aromatic N) is 3. The molecular formula is C17H14N4O. The maximum absolute atomic E-state index is 12.4. The van der Waals surface area contributed by atoms with Crippen LogP contribution in [0, 0.1) is 0 Å². The molecule has 1 heterocycles. The molecule has 1 N–H and O–H groups in total. The highest BCUT2D eigenvalue weighted by atomic mass is 16.2. The minimum atomic E-state index is -0.270. The van der Waals surface area contributed by atoms with Gasteiger partial charge in [-0.15, -0.1) is 0 Å². The Labute approximate surface area is 128 Å². The molecule has 0 unspecified atom stereocenters. The number of hydrogen-bond acceptors (Lipinski definition) is 4. The fourth-order valence-electron chi connectivity index (χ4n) is 2.01. The third kappa shape index (κ3) is 3.09. The lowest BCUT2D eigenvalue weighted by Crippen LogP contribution is -2.39. The van der Waals surface area contributed by atoms with Gasteiger partial charge in [0.2, 0.25) is 0 Å². The summed E-state index contributed by atoms with van der Waals surface area (Å²) in [5.74, 6) is -0.270. The molecule has 0 aliphatic heterocycles. The second kappa shape index (κ2) is 6.49. The number of carbonyl (C=O) groups is 1. The van der Waals surface area contributed by atoms with Crippen LogP contribution in [0.1, 0.15) is 10.4 Å². The zero-order chi connectivity index (χ0) is 15.2. The Kier molecular flexibility index (Phi) is 4.06. The highest BCUT2D eigenvalue weighted by Gasteiger charge is 2.14. The average Bonchev–Trinajstić information content (AvgIpc) is 2.62. The number of para-hydroxylation sites is 2. The van der Waals surface area contributed by atoms with E-state index in [1.54, 1.807) is 5.01 Å². The summed E-state index contributed by atoms with van der Waals surface area (Å²) in [7, 11) is 0. The van der Waals surface area contributed by atoms with Gasteiger partial charge < -0.3 is 0 Å². The van der Waals surface area contributed by atoms with Gasteiger partial charge in [-0.1, -0.05) is 36.4 Å². The summed E-state index contributed by atoms with van der Waals surface area (Å²) < 4.78 is 0. The normalized spacial score (nSPS) is 10.0. The Morgan fingerprint density at radius 2 is 1.32 bits per heavy atom. The topological polar surface area (TPSA) is 58.1 Å². The molecule has 0 atom stereocenters. The number of rotatable bonds is 4. The van der Waals surface area contributed by atoms with Gasteiger partial charge in [-0.25, -0.2) is 9.97 Å². The van der Waals surface area contributed by atoms with Gasteiger partial charge in [-0.05, 0) is 24.3 Å². The lowest BCUT2D eigenvalue weighted by molar-refractivity contribution is 0.0953. The average molecular weight is 290 g/mol. The van der Waals surface area contributed by atoms with Crippen LogP contribution >= 0.6 is 0 Å². The minimum absolute atomic E-state index is 0.270. The van der Waals surface area contributed by atoms with Crippen LogP contribution in [0.3, 0.4) is 0 Å². The quantitative estimate of drug-likeness (QED) is 0.751. The Hall–Kier alpha value is -3.21. The number of hydrogen-bond donors (Lipinski definition) is 1. The smallest absolute Gasteiger partial charge is 0.267 e. The molecule has 0 spiro atoms. The first-order chi connectivity index (χ1) is 10.8. The van der Waals surface area contributed by atoms with Crippen LogP contribution in [-0.2, 0) is 0 Å². The van der Waals surface area contributed by atoms with Crippen LogP contribution in [-0.4, -0.2) is 15.9 Å². The number of hydrazine groups is 1. The van der Waals surface area contributed by atoms with Crippen LogP contribution < -0.4 is 10.4 Å². The molecule has 108 valence electrons. The van der Waals surface area contributed by atoms with E-state index >= 15 is 0 Å².